The number of nitriles is 1. The predicted octanol–water partition coefficient (Wildman–Crippen LogP) is 3.83. The third kappa shape index (κ3) is 2.94. The summed E-state index contributed by atoms with van der Waals surface area (Å²) in [6.45, 7) is 0. The number of aromatic nitrogens is 2. The van der Waals surface area contributed by atoms with Crippen molar-refractivity contribution in [1.82, 2.24) is 8.75 Å². The first-order valence-corrected chi connectivity index (χ1v) is 5.89. The standard InChI is InChI=1S/C10H4ClF3N4S/c11-8-9(18-19-17-8)16-6-2-1-5(4-15)7(3-6)10(12,13)14/h1-3H,(H,16,18). The maximum Gasteiger partial charge on any atom is 0.417 e. The fraction of sp³-hybridized carbons (Fsp3) is 0.100. The van der Waals surface area contributed by atoms with E-state index < -0.39 is 17.3 Å². The van der Waals surface area contributed by atoms with Gasteiger partial charge in [-0.05, 0) is 18.2 Å². The molecule has 0 aliphatic rings. The maximum atomic E-state index is 12.7. The molecule has 0 aliphatic heterocycles. The summed E-state index contributed by atoms with van der Waals surface area (Å²) in [5, 5.41) is 11.3. The Kier molecular flexibility index (Phi) is 3.59. The molecule has 1 aromatic heterocycles. The molecule has 2 aromatic rings. The molecular formula is C10H4ClF3N4S. The fourth-order valence-corrected chi connectivity index (χ4v) is 1.99. The van der Waals surface area contributed by atoms with Gasteiger partial charge in [0.05, 0.1) is 28.9 Å². The molecule has 98 valence electrons. The molecule has 0 aliphatic carbocycles. The topological polar surface area (TPSA) is 61.6 Å². The Hall–Kier alpha value is -1.85. The minimum absolute atomic E-state index is 0.0721. The highest BCUT2D eigenvalue weighted by molar-refractivity contribution is 6.99. The van der Waals surface area contributed by atoms with Gasteiger partial charge in [0.25, 0.3) is 0 Å². The van der Waals surface area contributed by atoms with E-state index in [4.69, 9.17) is 16.9 Å². The van der Waals surface area contributed by atoms with Gasteiger partial charge in [-0.1, -0.05) is 11.6 Å². The van der Waals surface area contributed by atoms with Gasteiger partial charge in [0.2, 0.25) is 0 Å². The molecule has 0 radical (unpaired) electrons. The van der Waals surface area contributed by atoms with Gasteiger partial charge in [0, 0.05) is 5.69 Å². The van der Waals surface area contributed by atoms with E-state index in [2.05, 4.69) is 14.1 Å². The molecule has 4 nitrogen and oxygen atoms in total. The van der Waals surface area contributed by atoms with Gasteiger partial charge >= 0.3 is 6.18 Å². The molecule has 1 N–H and O–H groups in total. The third-order valence-corrected chi connectivity index (χ3v) is 3.05. The number of hydrogen-bond donors (Lipinski definition) is 1. The molecule has 0 spiro atoms. The number of hydrogen-bond acceptors (Lipinski definition) is 5. The van der Waals surface area contributed by atoms with Crippen LogP contribution in [0.5, 0.6) is 0 Å². The van der Waals surface area contributed by atoms with Crippen LogP contribution in [0.1, 0.15) is 11.1 Å². The first-order valence-electron chi connectivity index (χ1n) is 4.78. The van der Waals surface area contributed by atoms with Crippen LogP contribution in [0.25, 0.3) is 0 Å². The van der Waals surface area contributed by atoms with Crippen LogP contribution in [0.4, 0.5) is 24.7 Å². The second-order valence-corrected chi connectivity index (χ2v) is 4.29. The molecule has 0 fully saturated rings. The van der Waals surface area contributed by atoms with E-state index in [0.29, 0.717) is 0 Å². The van der Waals surface area contributed by atoms with Crippen molar-refractivity contribution in [3.05, 3.63) is 34.5 Å². The molecule has 19 heavy (non-hydrogen) atoms. The largest absolute Gasteiger partial charge is 0.417 e. The molecule has 1 heterocycles. The van der Waals surface area contributed by atoms with Gasteiger partial charge in [-0.15, -0.1) is 0 Å². The highest BCUT2D eigenvalue weighted by Gasteiger charge is 2.33. The summed E-state index contributed by atoms with van der Waals surface area (Å²) in [5.74, 6) is 0.171. The van der Waals surface area contributed by atoms with Gasteiger partial charge in [0.15, 0.2) is 11.0 Å². The number of benzene rings is 1. The molecule has 0 saturated heterocycles. The second kappa shape index (κ2) is 5.03. The van der Waals surface area contributed by atoms with E-state index in [9.17, 15) is 13.2 Å². The number of nitrogens with zero attached hydrogens (tertiary/aromatic N) is 3. The van der Waals surface area contributed by atoms with Crippen LogP contribution in [-0.4, -0.2) is 8.75 Å². The Morgan fingerprint density at radius 1 is 1.32 bits per heavy atom. The molecular weight excluding hydrogens is 301 g/mol. The van der Waals surface area contributed by atoms with Crippen molar-refractivity contribution < 1.29 is 13.2 Å². The maximum absolute atomic E-state index is 12.7. The average molecular weight is 305 g/mol. The lowest BCUT2D eigenvalue weighted by Crippen LogP contribution is -2.08. The van der Waals surface area contributed by atoms with Crippen LogP contribution < -0.4 is 5.32 Å². The van der Waals surface area contributed by atoms with Crippen LogP contribution in [0, 0.1) is 11.3 Å². The SMILES string of the molecule is N#Cc1ccc(Nc2nsnc2Cl)cc1C(F)(F)F. The van der Waals surface area contributed by atoms with Crippen molar-refractivity contribution in [1.29, 1.82) is 5.26 Å². The van der Waals surface area contributed by atoms with Crippen molar-refractivity contribution in [2.45, 2.75) is 6.18 Å². The molecule has 0 amide bonds. The Morgan fingerprint density at radius 3 is 2.58 bits per heavy atom. The first-order chi connectivity index (χ1) is 8.91. The second-order valence-electron chi connectivity index (χ2n) is 3.40. The number of anilines is 2. The van der Waals surface area contributed by atoms with Crippen molar-refractivity contribution in [3.8, 4) is 6.07 Å². The normalized spacial score (nSPS) is 11.1. The lowest BCUT2D eigenvalue weighted by atomic mass is 10.1. The van der Waals surface area contributed by atoms with Crippen LogP contribution in [0.2, 0.25) is 5.15 Å². The van der Waals surface area contributed by atoms with Gasteiger partial charge in [-0.25, -0.2) is 0 Å². The van der Waals surface area contributed by atoms with Gasteiger partial charge < -0.3 is 5.32 Å². The Bertz CT molecular complexity index is 647. The Morgan fingerprint density at radius 2 is 2.05 bits per heavy atom. The highest BCUT2D eigenvalue weighted by Crippen LogP contribution is 2.34. The summed E-state index contributed by atoms with van der Waals surface area (Å²) in [7, 11) is 0. The van der Waals surface area contributed by atoms with Crippen molar-refractivity contribution >= 4 is 34.8 Å². The molecule has 0 saturated carbocycles. The molecule has 2 rings (SSSR count). The molecule has 9 heteroatoms. The Balaban J connectivity index is 2.39. The van der Waals surface area contributed by atoms with E-state index in [1.54, 1.807) is 0 Å². The van der Waals surface area contributed by atoms with E-state index in [0.717, 1.165) is 23.9 Å². The van der Waals surface area contributed by atoms with Gasteiger partial charge in [-0.2, -0.15) is 27.2 Å². The third-order valence-electron chi connectivity index (χ3n) is 2.16. The minimum Gasteiger partial charge on any atom is -0.337 e. The zero-order valence-corrected chi connectivity index (χ0v) is 10.6. The lowest BCUT2D eigenvalue weighted by Gasteiger charge is -2.11. The first kappa shape index (κ1) is 13.6. The summed E-state index contributed by atoms with van der Waals surface area (Å²) < 4.78 is 45.7. The molecule has 0 bridgehead atoms. The monoisotopic (exact) mass is 304 g/mol. The summed E-state index contributed by atoms with van der Waals surface area (Å²) in [4.78, 5) is 0. The summed E-state index contributed by atoms with van der Waals surface area (Å²) in [6, 6.07) is 4.75. The van der Waals surface area contributed by atoms with Crippen molar-refractivity contribution in [2.24, 2.45) is 0 Å². The fourth-order valence-electron chi connectivity index (χ4n) is 1.34. The van der Waals surface area contributed by atoms with E-state index in [1.807, 2.05) is 0 Å². The van der Waals surface area contributed by atoms with Crippen LogP contribution in [0.15, 0.2) is 18.2 Å². The van der Waals surface area contributed by atoms with E-state index in [-0.39, 0.29) is 16.7 Å². The van der Waals surface area contributed by atoms with Crippen LogP contribution in [0.3, 0.4) is 0 Å². The molecule has 0 atom stereocenters. The van der Waals surface area contributed by atoms with Crippen molar-refractivity contribution in [3.63, 3.8) is 0 Å². The molecule has 0 unspecified atom stereocenters. The number of rotatable bonds is 2. The summed E-state index contributed by atoms with van der Waals surface area (Å²) in [5.41, 5.74) is -1.33. The molecule has 1 aromatic carbocycles. The predicted molar refractivity (Wildman–Crippen MR) is 64.4 cm³/mol. The van der Waals surface area contributed by atoms with E-state index >= 15 is 0 Å². The van der Waals surface area contributed by atoms with Gasteiger partial charge in [-0.3, -0.25) is 0 Å². The number of nitrogens with one attached hydrogen (secondary N) is 1. The number of halogens is 4. The van der Waals surface area contributed by atoms with Gasteiger partial charge in [0.1, 0.15) is 0 Å². The van der Waals surface area contributed by atoms with Crippen LogP contribution in [-0.2, 0) is 6.18 Å². The quantitative estimate of drug-likeness (QED) is 0.916. The average Bonchev–Trinajstić information content (AvgIpc) is 2.74. The Labute approximate surface area is 114 Å². The summed E-state index contributed by atoms with van der Waals surface area (Å²) >= 11 is 6.51. The highest BCUT2D eigenvalue weighted by atomic mass is 35.5. The number of alkyl halides is 3. The minimum atomic E-state index is -4.60. The summed E-state index contributed by atoms with van der Waals surface area (Å²) in [6.07, 6.45) is -4.60. The van der Waals surface area contributed by atoms with Crippen molar-refractivity contribution in [2.75, 3.05) is 5.32 Å². The zero-order chi connectivity index (χ0) is 14.0. The van der Waals surface area contributed by atoms with Crippen LogP contribution >= 0.6 is 23.3 Å². The van der Waals surface area contributed by atoms with E-state index in [1.165, 1.54) is 12.1 Å². The zero-order valence-electron chi connectivity index (χ0n) is 8.99. The lowest BCUT2D eigenvalue weighted by molar-refractivity contribution is -0.137. The smallest absolute Gasteiger partial charge is 0.337 e.